The Labute approximate surface area is 185 Å². The largest absolute Gasteiger partial charge is 0.326 e. The fourth-order valence-electron chi connectivity index (χ4n) is 4.48. The monoisotopic (exact) mass is 435 g/mol. The maximum atomic E-state index is 12.7. The molecule has 2 aromatic carbocycles. The molecule has 4 rings (SSSR count). The molecule has 0 saturated heterocycles. The first-order valence-electron chi connectivity index (χ1n) is 10.9. The van der Waals surface area contributed by atoms with E-state index >= 15 is 0 Å². The third-order valence-corrected chi connectivity index (χ3v) is 8.89. The average Bonchev–Trinajstić information content (AvgIpc) is 3.50. The molecular formula is C26H29NO3S. The lowest BCUT2D eigenvalue weighted by atomic mass is 9.92. The van der Waals surface area contributed by atoms with Gasteiger partial charge < -0.3 is 5.32 Å². The van der Waals surface area contributed by atoms with Gasteiger partial charge >= 0.3 is 0 Å². The highest BCUT2D eigenvalue weighted by molar-refractivity contribution is 7.93. The Morgan fingerprint density at radius 2 is 1.90 bits per heavy atom. The van der Waals surface area contributed by atoms with Gasteiger partial charge in [-0.05, 0) is 46.7 Å². The van der Waals surface area contributed by atoms with E-state index in [0.29, 0.717) is 12.3 Å². The SMILES string of the molecule is CCS(=O)(=O)C12C=CC(CC(=O)Nc3ccc(C(C)C)c(-c4ccccc4)c3)=CC1C2. The van der Waals surface area contributed by atoms with Crippen LogP contribution in [0.15, 0.2) is 72.3 Å². The normalized spacial score (nSPS) is 22.1. The number of fused-ring (bicyclic) bond motifs is 1. The number of hydrogen-bond acceptors (Lipinski definition) is 3. The van der Waals surface area contributed by atoms with E-state index in [1.807, 2.05) is 42.5 Å². The second-order valence-electron chi connectivity index (χ2n) is 8.79. The third-order valence-electron chi connectivity index (χ3n) is 6.37. The summed E-state index contributed by atoms with van der Waals surface area (Å²) < 4.78 is 24.0. The van der Waals surface area contributed by atoms with Gasteiger partial charge in [0.2, 0.25) is 5.91 Å². The van der Waals surface area contributed by atoms with Gasteiger partial charge in [0.05, 0.1) is 11.2 Å². The van der Waals surface area contributed by atoms with Gasteiger partial charge in [0.25, 0.3) is 0 Å². The van der Waals surface area contributed by atoms with Crippen molar-refractivity contribution in [3.05, 3.63) is 77.9 Å². The van der Waals surface area contributed by atoms with Crippen LogP contribution in [0.5, 0.6) is 0 Å². The van der Waals surface area contributed by atoms with E-state index in [0.717, 1.165) is 22.4 Å². The molecule has 2 aliphatic carbocycles. The van der Waals surface area contributed by atoms with Crippen LogP contribution in [-0.2, 0) is 14.6 Å². The van der Waals surface area contributed by atoms with Gasteiger partial charge in [0, 0.05) is 17.4 Å². The van der Waals surface area contributed by atoms with Gasteiger partial charge in [-0.1, -0.05) is 75.4 Å². The Morgan fingerprint density at radius 3 is 2.55 bits per heavy atom. The van der Waals surface area contributed by atoms with Crippen molar-refractivity contribution in [2.24, 2.45) is 5.92 Å². The van der Waals surface area contributed by atoms with Crippen LogP contribution in [0.4, 0.5) is 5.69 Å². The van der Waals surface area contributed by atoms with Crippen LogP contribution in [0.1, 0.15) is 45.1 Å². The molecule has 1 amide bonds. The van der Waals surface area contributed by atoms with E-state index in [4.69, 9.17) is 0 Å². The van der Waals surface area contributed by atoms with Gasteiger partial charge in [0.15, 0.2) is 9.84 Å². The predicted octanol–water partition coefficient (Wildman–Crippen LogP) is 5.50. The molecule has 0 spiro atoms. The Kier molecular flexibility index (Phi) is 5.65. The smallest absolute Gasteiger partial charge is 0.228 e. The number of anilines is 1. The molecule has 2 atom stereocenters. The summed E-state index contributed by atoms with van der Waals surface area (Å²) in [6.45, 7) is 6.02. The fourth-order valence-corrected chi connectivity index (χ4v) is 6.26. The highest BCUT2D eigenvalue weighted by atomic mass is 32.2. The zero-order valence-electron chi connectivity index (χ0n) is 18.3. The molecule has 0 bridgehead atoms. The number of amides is 1. The molecule has 0 aromatic heterocycles. The summed E-state index contributed by atoms with van der Waals surface area (Å²) in [5.41, 5.74) is 5.14. The maximum absolute atomic E-state index is 12.7. The van der Waals surface area contributed by atoms with Crippen molar-refractivity contribution in [2.45, 2.75) is 44.3 Å². The van der Waals surface area contributed by atoms with Crippen molar-refractivity contribution in [1.29, 1.82) is 0 Å². The quantitative estimate of drug-likeness (QED) is 0.625. The molecule has 2 aromatic rings. The first kappa shape index (κ1) is 21.6. The first-order chi connectivity index (χ1) is 14.8. The standard InChI is InChI=1S/C26H29NO3S/c1-4-31(29,30)26-13-12-19(14-21(26)17-26)15-25(28)27-22-10-11-23(18(2)3)24(16-22)20-8-6-5-7-9-20/h5-14,16,18,21H,4,15,17H2,1-3H3,(H,27,28). The van der Waals surface area contributed by atoms with Crippen LogP contribution >= 0.6 is 0 Å². The molecule has 1 N–H and O–H groups in total. The second-order valence-corrected chi connectivity index (χ2v) is 11.4. The van der Waals surface area contributed by atoms with Gasteiger partial charge in [-0.25, -0.2) is 8.42 Å². The average molecular weight is 436 g/mol. The maximum Gasteiger partial charge on any atom is 0.228 e. The lowest BCUT2D eigenvalue weighted by Gasteiger charge is -2.17. The molecule has 1 saturated carbocycles. The van der Waals surface area contributed by atoms with Crippen LogP contribution in [0.25, 0.3) is 11.1 Å². The molecule has 5 heteroatoms. The van der Waals surface area contributed by atoms with E-state index in [2.05, 4.69) is 37.4 Å². The number of carbonyl (C=O) groups is 1. The van der Waals surface area contributed by atoms with Crippen molar-refractivity contribution in [3.8, 4) is 11.1 Å². The number of allylic oxidation sites excluding steroid dienone is 2. The summed E-state index contributed by atoms with van der Waals surface area (Å²) in [6.07, 6.45) is 6.44. The molecule has 162 valence electrons. The minimum atomic E-state index is -3.12. The molecule has 1 fully saturated rings. The summed E-state index contributed by atoms with van der Waals surface area (Å²) in [5.74, 6) is 0.419. The van der Waals surface area contributed by atoms with Crippen molar-refractivity contribution >= 4 is 21.4 Å². The number of nitrogens with one attached hydrogen (secondary N) is 1. The Balaban J connectivity index is 1.48. The van der Waals surface area contributed by atoms with Crippen molar-refractivity contribution < 1.29 is 13.2 Å². The van der Waals surface area contributed by atoms with Crippen molar-refractivity contribution in [2.75, 3.05) is 11.1 Å². The topological polar surface area (TPSA) is 63.2 Å². The number of hydrogen-bond donors (Lipinski definition) is 1. The number of sulfone groups is 1. The molecule has 0 heterocycles. The zero-order chi connectivity index (χ0) is 22.2. The van der Waals surface area contributed by atoms with Gasteiger partial charge in [-0.15, -0.1) is 0 Å². The summed E-state index contributed by atoms with van der Waals surface area (Å²) in [5, 5.41) is 3.01. The Hall–Kier alpha value is -2.66. The van der Waals surface area contributed by atoms with Crippen LogP contribution in [0.2, 0.25) is 0 Å². The summed E-state index contributed by atoms with van der Waals surface area (Å²) in [7, 11) is -3.12. The van der Waals surface area contributed by atoms with Crippen LogP contribution in [-0.4, -0.2) is 24.8 Å². The second kappa shape index (κ2) is 8.12. The van der Waals surface area contributed by atoms with Crippen LogP contribution in [0.3, 0.4) is 0 Å². The van der Waals surface area contributed by atoms with E-state index in [1.54, 1.807) is 13.0 Å². The Morgan fingerprint density at radius 1 is 1.16 bits per heavy atom. The third kappa shape index (κ3) is 4.11. The van der Waals surface area contributed by atoms with E-state index in [-0.39, 0.29) is 24.0 Å². The number of carbonyl (C=O) groups excluding carboxylic acids is 1. The highest BCUT2D eigenvalue weighted by Gasteiger charge is 2.60. The lowest BCUT2D eigenvalue weighted by molar-refractivity contribution is -0.115. The van der Waals surface area contributed by atoms with Crippen LogP contribution in [0, 0.1) is 5.92 Å². The zero-order valence-corrected chi connectivity index (χ0v) is 19.1. The Bertz CT molecular complexity index is 1160. The van der Waals surface area contributed by atoms with E-state index < -0.39 is 14.6 Å². The molecular weight excluding hydrogens is 406 g/mol. The van der Waals surface area contributed by atoms with Gasteiger partial charge in [-0.3, -0.25) is 4.79 Å². The van der Waals surface area contributed by atoms with Crippen LogP contribution < -0.4 is 5.32 Å². The fraction of sp³-hybridized carbons (Fsp3) is 0.346. The molecule has 31 heavy (non-hydrogen) atoms. The predicted molar refractivity (Wildman–Crippen MR) is 127 cm³/mol. The molecule has 2 unspecified atom stereocenters. The highest BCUT2D eigenvalue weighted by Crippen LogP contribution is 2.55. The minimum Gasteiger partial charge on any atom is -0.326 e. The summed E-state index contributed by atoms with van der Waals surface area (Å²) in [4.78, 5) is 12.7. The number of benzene rings is 2. The number of rotatable bonds is 7. The molecule has 2 aliphatic rings. The lowest BCUT2D eigenvalue weighted by Crippen LogP contribution is -2.26. The van der Waals surface area contributed by atoms with Crippen molar-refractivity contribution in [3.63, 3.8) is 0 Å². The molecule has 0 aliphatic heterocycles. The van der Waals surface area contributed by atoms with Crippen molar-refractivity contribution in [1.82, 2.24) is 0 Å². The summed E-state index contributed by atoms with van der Waals surface area (Å²) >= 11 is 0. The van der Waals surface area contributed by atoms with E-state index in [9.17, 15) is 13.2 Å². The van der Waals surface area contributed by atoms with Gasteiger partial charge in [0.1, 0.15) is 0 Å². The first-order valence-corrected chi connectivity index (χ1v) is 12.5. The minimum absolute atomic E-state index is 0.000239. The molecule has 0 radical (unpaired) electrons. The van der Waals surface area contributed by atoms with Gasteiger partial charge in [-0.2, -0.15) is 0 Å². The summed E-state index contributed by atoms with van der Waals surface area (Å²) in [6, 6.07) is 16.3. The van der Waals surface area contributed by atoms with E-state index in [1.165, 1.54) is 5.56 Å². The molecule has 4 nitrogen and oxygen atoms in total.